The van der Waals surface area contributed by atoms with Gasteiger partial charge in [0.1, 0.15) is 18.7 Å². The molecule has 1 heterocycles. The zero-order valence-corrected chi connectivity index (χ0v) is 15.4. The van der Waals surface area contributed by atoms with Crippen LogP contribution in [-0.2, 0) is 20.9 Å². The highest BCUT2D eigenvalue weighted by atomic mass is 16.6. The van der Waals surface area contributed by atoms with E-state index in [0.29, 0.717) is 19.4 Å². The average molecular weight is 362 g/mol. The van der Waals surface area contributed by atoms with Crippen molar-refractivity contribution in [3.63, 3.8) is 0 Å². The standard InChI is InChI=1S/C19H26N2O5/c1-13(2)16(17(22)21-11-7-10-15(21)18(23)24)20(3)19(25)26-12-14-8-5-4-6-9-14/h4-6,8-9,13,15-16H,7,10-12H2,1-3H3,(H,23,24)/t15-,16-/m0/s1. The second-order valence-electron chi connectivity index (χ2n) is 6.87. The minimum absolute atomic E-state index is 0.116. The topological polar surface area (TPSA) is 87.2 Å². The molecule has 2 rings (SSSR count). The number of hydrogen-bond donors (Lipinski definition) is 1. The van der Waals surface area contributed by atoms with Crippen LogP contribution in [-0.4, -0.2) is 58.6 Å². The molecule has 1 aliphatic rings. The molecule has 0 aliphatic carbocycles. The minimum Gasteiger partial charge on any atom is -0.480 e. The number of nitrogens with zero attached hydrogens (tertiary/aromatic N) is 2. The molecule has 1 N–H and O–H groups in total. The third kappa shape index (κ3) is 4.53. The summed E-state index contributed by atoms with van der Waals surface area (Å²) < 4.78 is 5.31. The Morgan fingerprint density at radius 3 is 2.50 bits per heavy atom. The second-order valence-corrected chi connectivity index (χ2v) is 6.87. The van der Waals surface area contributed by atoms with Crippen molar-refractivity contribution >= 4 is 18.0 Å². The average Bonchev–Trinajstić information content (AvgIpc) is 3.10. The summed E-state index contributed by atoms with van der Waals surface area (Å²) in [5.41, 5.74) is 0.854. The summed E-state index contributed by atoms with van der Waals surface area (Å²) in [5, 5.41) is 9.31. The summed E-state index contributed by atoms with van der Waals surface area (Å²) in [6, 6.07) is 7.69. The van der Waals surface area contributed by atoms with E-state index < -0.39 is 24.1 Å². The van der Waals surface area contributed by atoms with Gasteiger partial charge in [-0.1, -0.05) is 44.2 Å². The molecule has 1 aromatic carbocycles. The van der Waals surface area contributed by atoms with Gasteiger partial charge in [-0.05, 0) is 24.3 Å². The predicted octanol–water partition coefficient (Wildman–Crippen LogP) is 2.36. The van der Waals surface area contributed by atoms with E-state index >= 15 is 0 Å². The molecule has 2 amide bonds. The molecule has 0 aromatic heterocycles. The van der Waals surface area contributed by atoms with Gasteiger partial charge in [-0.2, -0.15) is 0 Å². The molecule has 0 unspecified atom stereocenters. The largest absolute Gasteiger partial charge is 0.480 e. The van der Waals surface area contributed by atoms with E-state index in [1.807, 2.05) is 44.2 Å². The van der Waals surface area contributed by atoms with Crippen LogP contribution < -0.4 is 0 Å². The van der Waals surface area contributed by atoms with Gasteiger partial charge >= 0.3 is 12.1 Å². The maximum Gasteiger partial charge on any atom is 0.410 e. The third-order valence-electron chi connectivity index (χ3n) is 4.62. The van der Waals surface area contributed by atoms with Crippen molar-refractivity contribution in [2.45, 2.75) is 45.4 Å². The number of carbonyl (C=O) groups excluding carboxylic acids is 2. The van der Waals surface area contributed by atoms with Crippen molar-refractivity contribution in [2.24, 2.45) is 5.92 Å². The predicted molar refractivity (Wildman–Crippen MR) is 95.4 cm³/mol. The normalized spacial score (nSPS) is 17.8. The SMILES string of the molecule is CC(C)[C@@H](C(=O)N1CCC[C@H]1C(=O)O)N(C)C(=O)OCc1ccccc1. The fraction of sp³-hybridized carbons (Fsp3) is 0.526. The molecular weight excluding hydrogens is 336 g/mol. The summed E-state index contributed by atoms with van der Waals surface area (Å²) in [4.78, 5) is 39.4. The molecular formula is C19H26N2O5. The zero-order chi connectivity index (χ0) is 19.3. The Bertz CT molecular complexity index is 647. The molecule has 7 nitrogen and oxygen atoms in total. The number of carboxylic acid groups (broad SMARTS) is 1. The Hall–Kier alpha value is -2.57. The van der Waals surface area contributed by atoms with Gasteiger partial charge in [-0.3, -0.25) is 9.69 Å². The number of rotatable bonds is 6. The van der Waals surface area contributed by atoms with Crippen molar-refractivity contribution in [1.29, 1.82) is 0 Å². The van der Waals surface area contributed by atoms with E-state index in [0.717, 1.165) is 5.56 Å². The van der Waals surface area contributed by atoms with Crippen LogP contribution in [0.15, 0.2) is 30.3 Å². The minimum atomic E-state index is -1.01. The van der Waals surface area contributed by atoms with Crippen molar-refractivity contribution < 1.29 is 24.2 Å². The Labute approximate surface area is 153 Å². The van der Waals surface area contributed by atoms with Gasteiger partial charge in [0, 0.05) is 13.6 Å². The number of likely N-dealkylation sites (tertiary alicyclic amines) is 1. The molecule has 0 radical (unpaired) electrons. The van der Waals surface area contributed by atoms with E-state index in [1.165, 1.54) is 16.8 Å². The van der Waals surface area contributed by atoms with Gasteiger partial charge in [-0.15, -0.1) is 0 Å². The smallest absolute Gasteiger partial charge is 0.410 e. The van der Waals surface area contributed by atoms with Gasteiger partial charge < -0.3 is 14.7 Å². The van der Waals surface area contributed by atoms with Crippen molar-refractivity contribution in [3.05, 3.63) is 35.9 Å². The first-order chi connectivity index (χ1) is 12.3. The van der Waals surface area contributed by atoms with Crippen LogP contribution >= 0.6 is 0 Å². The highest BCUT2D eigenvalue weighted by Gasteiger charge is 2.40. The number of benzene rings is 1. The lowest BCUT2D eigenvalue weighted by molar-refractivity contribution is -0.150. The lowest BCUT2D eigenvalue weighted by atomic mass is 10.0. The molecule has 0 spiro atoms. The van der Waals surface area contributed by atoms with Crippen LogP contribution in [0.5, 0.6) is 0 Å². The monoisotopic (exact) mass is 362 g/mol. The summed E-state index contributed by atoms with van der Waals surface area (Å²) in [5.74, 6) is -1.52. The number of likely N-dealkylation sites (N-methyl/N-ethyl adjacent to an activating group) is 1. The molecule has 1 aliphatic heterocycles. The van der Waals surface area contributed by atoms with Crippen molar-refractivity contribution in [3.8, 4) is 0 Å². The molecule has 1 fully saturated rings. The van der Waals surface area contributed by atoms with Crippen LogP contribution in [0, 0.1) is 5.92 Å². The summed E-state index contributed by atoms with van der Waals surface area (Å²) in [6.07, 6.45) is 0.482. The first-order valence-electron chi connectivity index (χ1n) is 8.79. The fourth-order valence-electron chi connectivity index (χ4n) is 3.29. The lowest BCUT2D eigenvalue weighted by Crippen LogP contribution is -2.54. The number of aliphatic carboxylic acids is 1. The van der Waals surface area contributed by atoms with Crippen molar-refractivity contribution in [1.82, 2.24) is 9.80 Å². The van der Waals surface area contributed by atoms with E-state index in [2.05, 4.69) is 0 Å². The molecule has 1 saturated heterocycles. The molecule has 0 bridgehead atoms. The second kappa shape index (κ2) is 8.69. The number of amides is 2. The summed E-state index contributed by atoms with van der Waals surface area (Å²) >= 11 is 0. The Kier molecular flexibility index (Phi) is 6.60. The molecule has 7 heteroatoms. The van der Waals surface area contributed by atoms with Crippen LogP contribution in [0.2, 0.25) is 0 Å². The Balaban J connectivity index is 2.06. The maximum absolute atomic E-state index is 12.9. The van der Waals surface area contributed by atoms with Crippen LogP contribution in [0.4, 0.5) is 4.79 Å². The van der Waals surface area contributed by atoms with Crippen molar-refractivity contribution in [2.75, 3.05) is 13.6 Å². The third-order valence-corrected chi connectivity index (χ3v) is 4.62. The van der Waals surface area contributed by atoms with E-state index in [4.69, 9.17) is 4.74 Å². The highest BCUT2D eigenvalue weighted by Crippen LogP contribution is 2.22. The fourth-order valence-corrected chi connectivity index (χ4v) is 3.29. The molecule has 26 heavy (non-hydrogen) atoms. The van der Waals surface area contributed by atoms with E-state index in [-0.39, 0.29) is 18.4 Å². The van der Waals surface area contributed by atoms with Crippen LogP contribution in [0.25, 0.3) is 0 Å². The highest BCUT2D eigenvalue weighted by molar-refractivity contribution is 5.89. The summed E-state index contributed by atoms with van der Waals surface area (Å²) in [6.45, 7) is 4.17. The van der Waals surface area contributed by atoms with Gasteiger partial charge in [-0.25, -0.2) is 9.59 Å². The van der Waals surface area contributed by atoms with Gasteiger partial charge in [0.05, 0.1) is 0 Å². The maximum atomic E-state index is 12.9. The quantitative estimate of drug-likeness (QED) is 0.839. The first kappa shape index (κ1) is 19.8. The molecule has 2 atom stereocenters. The van der Waals surface area contributed by atoms with Gasteiger partial charge in [0.2, 0.25) is 5.91 Å². The van der Waals surface area contributed by atoms with Gasteiger partial charge in [0.25, 0.3) is 0 Å². The number of hydrogen-bond acceptors (Lipinski definition) is 4. The number of ether oxygens (including phenoxy) is 1. The van der Waals surface area contributed by atoms with Crippen LogP contribution in [0.1, 0.15) is 32.3 Å². The van der Waals surface area contributed by atoms with Gasteiger partial charge in [0.15, 0.2) is 0 Å². The lowest BCUT2D eigenvalue weighted by Gasteiger charge is -2.34. The number of carboxylic acids is 1. The zero-order valence-electron chi connectivity index (χ0n) is 15.4. The van der Waals surface area contributed by atoms with E-state index in [1.54, 1.807) is 0 Å². The molecule has 1 aromatic rings. The first-order valence-corrected chi connectivity index (χ1v) is 8.79. The molecule has 142 valence electrons. The number of carbonyl (C=O) groups is 3. The van der Waals surface area contributed by atoms with E-state index in [9.17, 15) is 19.5 Å². The Morgan fingerprint density at radius 1 is 1.27 bits per heavy atom. The van der Waals surface area contributed by atoms with Crippen LogP contribution in [0.3, 0.4) is 0 Å². The molecule has 0 saturated carbocycles. The summed E-state index contributed by atoms with van der Waals surface area (Å²) in [7, 11) is 1.52. The Morgan fingerprint density at radius 2 is 1.92 bits per heavy atom.